The van der Waals surface area contributed by atoms with Crippen LogP contribution in [-0.4, -0.2) is 75.7 Å². The number of sulfonamides is 1. The summed E-state index contributed by atoms with van der Waals surface area (Å²) < 4.78 is 30.5. The van der Waals surface area contributed by atoms with Crippen molar-refractivity contribution in [2.45, 2.75) is 6.92 Å². The fourth-order valence-corrected chi connectivity index (χ4v) is 3.55. The predicted molar refractivity (Wildman–Crippen MR) is 98.5 cm³/mol. The van der Waals surface area contributed by atoms with Crippen molar-refractivity contribution in [1.29, 1.82) is 0 Å². The molecule has 2 rings (SSSR count). The fourth-order valence-electron chi connectivity index (χ4n) is 2.56. The van der Waals surface area contributed by atoms with Gasteiger partial charge in [-0.25, -0.2) is 8.42 Å². The molecule has 1 aromatic carbocycles. The molecule has 1 N–H and O–H groups in total. The average molecular weight is 390 g/mol. The molecule has 0 saturated carbocycles. The van der Waals surface area contributed by atoms with Gasteiger partial charge in [0.05, 0.1) is 26.0 Å². The van der Waals surface area contributed by atoms with Crippen molar-refractivity contribution in [3.05, 3.63) is 28.8 Å². The van der Waals surface area contributed by atoms with Crippen molar-refractivity contribution < 1.29 is 17.9 Å². The van der Waals surface area contributed by atoms with Crippen molar-refractivity contribution in [3.63, 3.8) is 0 Å². The van der Waals surface area contributed by atoms with Gasteiger partial charge in [-0.15, -0.1) is 0 Å². The van der Waals surface area contributed by atoms with Gasteiger partial charge in [0.25, 0.3) is 0 Å². The van der Waals surface area contributed by atoms with Gasteiger partial charge in [-0.05, 0) is 30.7 Å². The maximum absolute atomic E-state index is 12.3. The van der Waals surface area contributed by atoms with Crippen LogP contribution < -0.4 is 5.32 Å². The minimum Gasteiger partial charge on any atom is -0.379 e. The molecule has 1 heterocycles. The minimum atomic E-state index is -3.48. The van der Waals surface area contributed by atoms with E-state index in [-0.39, 0.29) is 19.0 Å². The lowest BCUT2D eigenvalue weighted by molar-refractivity contribution is -0.116. The second-order valence-corrected chi connectivity index (χ2v) is 8.48. The number of nitrogens with one attached hydrogen (secondary N) is 1. The Bertz CT molecular complexity index is 705. The zero-order valence-corrected chi connectivity index (χ0v) is 16.1. The lowest BCUT2D eigenvalue weighted by Crippen LogP contribution is -2.45. The zero-order chi connectivity index (χ0) is 18.4. The molecule has 25 heavy (non-hydrogen) atoms. The molecule has 140 valence electrons. The van der Waals surface area contributed by atoms with Crippen LogP contribution in [0.4, 0.5) is 5.69 Å². The van der Waals surface area contributed by atoms with E-state index >= 15 is 0 Å². The Hall–Kier alpha value is -1.19. The van der Waals surface area contributed by atoms with Crippen LogP contribution in [0.5, 0.6) is 0 Å². The number of morpholine rings is 1. The van der Waals surface area contributed by atoms with E-state index in [2.05, 4.69) is 10.2 Å². The lowest BCUT2D eigenvalue weighted by Gasteiger charge is -2.29. The highest BCUT2D eigenvalue weighted by Crippen LogP contribution is 2.19. The van der Waals surface area contributed by atoms with Gasteiger partial charge in [0, 0.05) is 36.9 Å². The van der Waals surface area contributed by atoms with Gasteiger partial charge in [0.2, 0.25) is 15.9 Å². The van der Waals surface area contributed by atoms with Crippen molar-refractivity contribution in [2.24, 2.45) is 0 Å². The van der Waals surface area contributed by atoms with E-state index in [0.717, 1.165) is 24.9 Å². The monoisotopic (exact) mass is 389 g/mol. The summed E-state index contributed by atoms with van der Waals surface area (Å²) in [7, 11) is -3.48. The van der Waals surface area contributed by atoms with E-state index in [1.54, 1.807) is 18.2 Å². The topological polar surface area (TPSA) is 79.0 Å². The van der Waals surface area contributed by atoms with Crippen LogP contribution in [0.15, 0.2) is 18.2 Å². The molecule has 0 spiro atoms. The number of benzene rings is 1. The third-order valence-corrected chi connectivity index (χ3v) is 5.51. The first kappa shape index (κ1) is 20.1. The van der Waals surface area contributed by atoms with Gasteiger partial charge in [0.15, 0.2) is 0 Å². The molecular weight excluding hydrogens is 366 g/mol. The van der Waals surface area contributed by atoms with Gasteiger partial charge >= 0.3 is 0 Å². The summed E-state index contributed by atoms with van der Waals surface area (Å²) in [6, 6.07) is 5.12. The number of halogens is 1. The first-order valence-corrected chi connectivity index (χ1v) is 10.3. The summed E-state index contributed by atoms with van der Waals surface area (Å²) in [5.41, 5.74) is 1.44. The Kier molecular flexibility index (Phi) is 7.21. The van der Waals surface area contributed by atoms with Crippen LogP contribution in [0.3, 0.4) is 0 Å². The summed E-state index contributed by atoms with van der Waals surface area (Å²) >= 11 is 5.90. The largest absolute Gasteiger partial charge is 0.379 e. The summed E-state index contributed by atoms with van der Waals surface area (Å²) in [5, 5.41) is 3.32. The molecule has 0 unspecified atom stereocenters. The summed E-state index contributed by atoms with van der Waals surface area (Å²) in [4.78, 5) is 14.4. The minimum absolute atomic E-state index is 0.217. The van der Waals surface area contributed by atoms with Crippen LogP contribution in [0.1, 0.15) is 5.56 Å². The molecule has 1 aliphatic rings. The van der Waals surface area contributed by atoms with Gasteiger partial charge in [-0.3, -0.25) is 9.69 Å². The van der Waals surface area contributed by atoms with Crippen molar-refractivity contribution in [3.8, 4) is 0 Å². The van der Waals surface area contributed by atoms with E-state index < -0.39 is 10.0 Å². The predicted octanol–water partition coefficient (Wildman–Crippen LogP) is 1.18. The van der Waals surface area contributed by atoms with Crippen LogP contribution in [0.25, 0.3) is 0 Å². The van der Waals surface area contributed by atoms with Gasteiger partial charge < -0.3 is 10.1 Å². The van der Waals surface area contributed by atoms with Crippen LogP contribution >= 0.6 is 11.6 Å². The van der Waals surface area contributed by atoms with E-state index in [1.165, 1.54) is 4.31 Å². The average Bonchev–Trinajstić information content (AvgIpc) is 2.54. The molecule has 1 amide bonds. The number of anilines is 1. The number of carbonyl (C=O) groups is 1. The number of hydrogen-bond acceptors (Lipinski definition) is 5. The van der Waals surface area contributed by atoms with Crippen LogP contribution in [0.2, 0.25) is 5.02 Å². The quantitative estimate of drug-likeness (QED) is 0.757. The first-order valence-electron chi connectivity index (χ1n) is 8.07. The van der Waals surface area contributed by atoms with Gasteiger partial charge in [0.1, 0.15) is 0 Å². The molecule has 0 aliphatic carbocycles. The lowest BCUT2D eigenvalue weighted by atomic mass is 10.2. The molecule has 0 radical (unpaired) electrons. The van der Waals surface area contributed by atoms with E-state index in [1.807, 2.05) is 6.92 Å². The number of ether oxygens (including phenoxy) is 1. The van der Waals surface area contributed by atoms with Crippen LogP contribution in [-0.2, 0) is 19.6 Å². The second kappa shape index (κ2) is 8.95. The SMILES string of the molecule is Cc1cc(Cl)ccc1NC(=O)CN(CCN1CCOCC1)S(C)(=O)=O. The third kappa shape index (κ3) is 6.56. The molecular formula is C16H24ClN3O4S. The van der Waals surface area contributed by atoms with E-state index in [0.29, 0.717) is 30.5 Å². The molecule has 1 aliphatic heterocycles. The Labute approximate surface area is 153 Å². The number of aryl methyl sites for hydroxylation is 1. The summed E-state index contributed by atoms with van der Waals surface area (Å²) in [6.07, 6.45) is 1.12. The van der Waals surface area contributed by atoms with Crippen molar-refractivity contribution in [2.75, 3.05) is 57.5 Å². The van der Waals surface area contributed by atoms with E-state index in [9.17, 15) is 13.2 Å². The maximum Gasteiger partial charge on any atom is 0.239 e. The first-order chi connectivity index (χ1) is 11.8. The molecule has 1 saturated heterocycles. The molecule has 1 fully saturated rings. The normalized spacial score (nSPS) is 16.2. The Morgan fingerprint density at radius 1 is 1.36 bits per heavy atom. The Balaban J connectivity index is 1.94. The summed E-state index contributed by atoms with van der Waals surface area (Å²) in [6.45, 7) is 5.29. The number of hydrogen-bond donors (Lipinski definition) is 1. The van der Waals surface area contributed by atoms with E-state index in [4.69, 9.17) is 16.3 Å². The standard InChI is InChI=1S/C16H24ClN3O4S/c1-13-11-14(17)3-4-15(13)18-16(21)12-20(25(2,22)23)6-5-19-7-9-24-10-8-19/h3-4,11H,5-10,12H2,1-2H3,(H,18,21). The van der Waals surface area contributed by atoms with Crippen molar-refractivity contribution >= 4 is 33.2 Å². The maximum atomic E-state index is 12.3. The number of carbonyl (C=O) groups excluding carboxylic acids is 1. The molecule has 7 nitrogen and oxygen atoms in total. The summed E-state index contributed by atoms with van der Waals surface area (Å²) in [5.74, 6) is -0.377. The van der Waals surface area contributed by atoms with Gasteiger partial charge in [-0.2, -0.15) is 4.31 Å². The molecule has 0 aromatic heterocycles. The number of amides is 1. The van der Waals surface area contributed by atoms with Crippen LogP contribution in [0, 0.1) is 6.92 Å². The molecule has 9 heteroatoms. The Morgan fingerprint density at radius 2 is 2.04 bits per heavy atom. The highest BCUT2D eigenvalue weighted by Gasteiger charge is 2.22. The molecule has 0 bridgehead atoms. The zero-order valence-electron chi connectivity index (χ0n) is 14.5. The molecule has 1 aromatic rings. The van der Waals surface area contributed by atoms with Gasteiger partial charge in [-0.1, -0.05) is 11.6 Å². The molecule has 0 atom stereocenters. The fraction of sp³-hybridized carbons (Fsp3) is 0.562. The highest BCUT2D eigenvalue weighted by atomic mass is 35.5. The second-order valence-electron chi connectivity index (χ2n) is 6.06. The number of rotatable bonds is 7. The smallest absolute Gasteiger partial charge is 0.239 e. The number of nitrogens with zero attached hydrogens (tertiary/aromatic N) is 2. The highest BCUT2D eigenvalue weighted by molar-refractivity contribution is 7.88. The third-order valence-electron chi connectivity index (χ3n) is 4.02. The Morgan fingerprint density at radius 3 is 2.64 bits per heavy atom. The van der Waals surface area contributed by atoms with Crippen molar-refractivity contribution in [1.82, 2.24) is 9.21 Å².